The summed E-state index contributed by atoms with van der Waals surface area (Å²) >= 11 is 0. The molecule has 1 aliphatic rings. The van der Waals surface area contributed by atoms with Crippen LogP contribution in [0.15, 0.2) is 58.1 Å². The Kier molecular flexibility index (Phi) is 7.60. The lowest BCUT2D eigenvalue weighted by Gasteiger charge is -2.13. The molecule has 0 amide bonds. The van der Waals surface area contributed by atoms with Crippen LogP contribution in [0.3, 0.4) is 0 Å². The fourth-order valence-electron chi connectivity index (χ4n) is 5.31. The number of aryl methyl sites for hydroxylation is 1. The zero-order valence-electron chi connectivity index (χ0n) is 23.4. The summed E-state index contributed by atoms with van der Waals surface area (Å²) in [4.78, 5) is 32.2. The zero-order chi connectivity index (χ0) is 28.3. The molecule has 2 aromatic carbocycles. The number of nitrogens with one attached hydrogen (secondary N) is 1. The van der Waals surface area contributed by atoms with Gasteiger partial charge in [-0.2, -0.15) is 5.21 Å². The van der Waals surface area contributed by atoms with Gasteiger partial charge in [0.2, 0.25) is 5.82 Å². The van der Waals surface area contributed by atoms with Crippen molar-refractivity contribution in [2.24, 2.45) is 5.92 Å². The number of nitrogens with zero attached hydrogens (tertiary/aromatic N) is 7. The molecule has 11 nitrogen and oxygen atoms in total. The fraction of sp³-hybridized carbons (Fsp3) is 0.400. The summed E-state index contributed by atoms with van der Waals surface area (Å²) in [7, 11) is 1.61. The Morgan fingerprint density at radius 1 is 1.00 bits per heavy atom. The molecule has 41 heavy (non-hydrogen) atoms. The topological polar surface area (TPSA) is 126 Å². The summed E-state index contributed by atoms with van der Waals surface area (Å²) in [6.07, 6.45) is 4.76. The van der Waals surface area contributed by atoms with Gasteiger partial charge in [-0.05, 0) is 47.1 Å². The molecular formula is C30H34N8O3. The summed E-state index contributed by atoms with van der Waals surface area (Å²) in [5, 5.41) is 14.5. The molecule has 212 valence electrons. The first-order valence-corrected chi connectivity index (χ1v) is 14.2. The fourth-order valence-corrected chi connectivity index (χ4v) is 5.31. The number of H-pyrrole nitrogens is 1. The monoisotopic (exact) mass is 554 g/mol. The number of methoxy groups -OCH3 is 1. The highest BCUT2D eigenvalue weighted by Gasteiger charge is 2.27. The van der Waals surface area contributed by atoms with Crippen LogP contribution in [0, 0.1) is 5.92 Å². The van der Waals surface area contributed by atoms with E-state index in [2.05, 4.69) is 51.8 Å². The van der Waals surface area contributed by atoms with Gasteiger partial charge in [0.25, 0.3) is 5.56 Å². The molecule has 0 atom stereocenters. The van der Waals surface area contributed by atoms with Gasteiger partial charge >= 0.3 is 5.69 Å². The Bertz CT molecular complexity index is 1760. The van der Waals surface area contributed by atoms with E-state index in [-0.39, 0.29) is 11.2 Å². The minimum atomic E-state index is -0.303. The van der Waals surface area contributed by atoms with E-state index in [4.69, 9.17) is 9.72 Å². The summed E-state index contributed by atoms with van der Waals surface area (Å²) in [5.41, 5.74) is 4.32. The van der Waals surface area contributed by atoms with Crippen molar-refractivity contribution in [3.8, 4) is 22.5 Å². The van der Waals surface area contributed by atoms with Gasteiger partial charge in [-0.1, -0.05) is 61.9 Å². The van der Waals surface area contributed by atoms with Gasteiger partial charge in [0.15, 0.2) is 11.2 Å². The minimum absolute atomic E-state index is 0.258. The number of tetrazole rings is 1. The molecule has 0 unspecified atom stereocenters. The first-order chi connectivity index (χ1) is 20.1. The van der Waals surface area contributed by atoms with Crippen LogP contribution in [0.25, 0.3) is 33.7 Å². The molecule has 0 bridgehead atoms. The van der Waals surface area contributed by atoms with E-state index in [0.717, 1.165) is 60.2 Å². The highest BCUT2D eigenvalue weighted by atomic mass is 16.5. The third-order valence-electron chi connectivity index (χ3n) is 7.72. The number of rotatable bonds is 12. The Morgan fingerprint density at radius 3 is 2.46 bits per heavy atom. The number of unbranched alkanes of at least 4 members (excludes halogenated alkanes) is 1. The number of benzene rings is 2. The maximum Gasteiger partial charge on any atom is 0.332 e. The largest absolute Gasteiger partial charge is 0.383 e. The lowest BCUT2D eigenvalue weighted by Crippen LogP contribution is -2.41. The molecule has 1 aliphatic carbocycles. The lowest BCUT2D eigenvalue weighted by molar-refractivity contribution is 0.186. The molecule has 3 aromatic heterocycles. The van der Waals surface area contributed by atoms with E-state index in [1.54, 1.807) is 11.7 Å². The average Bonchev–Trinajstić information content (AvgIpc) is 3.51. The van der Waals surface area contributed by atoms with Crippen LogP contribution in [-0.4, -0.2) is 53.0 Å². The summed E-state index contributed by atoms with van der Waals surface area (Å²) < 4.78 is 10.3. The number of fused-ring (bicyclic) bond motifs is 1. The van der Waals surface area contributed by atoms with Crippen LogP contribution in [0.1, 0.15) is 44.0 Å². The third-order valence-corrected chi connectivity index (χ3v) is 7.72. The smallest absolute Gasteiger partial charge is 0.332 e. The van der Waals surface area contributed by atoms with Gasteiger partial charge < -0.3 is 9.30 Å². The van der Waals surface area contributed by atoms with Gasteiger partial charge in [0.05, 0.1) is 13.2 Å². The van der Waals surface area contributed by atoms with Crippen molar-refractivity contribution in [2.45, 2.75) is 58.7 Å². The first kappa shape index (κ1) is 26.8. The third kappa shape index (κ3) is 5.37. The van der Waals surface area contributed by atoms with Gasteiger partial charge in [-0.15, -0.1) is 10.2 Å². The Morgan fingerprint density at radius 2 is 1.78 bits per heavy atom. The second-order valence-electron chi connectivity index (χ2n) is 10.7. The molecule has 6 rings (SSSR count). The van der Waals surface area contributed by atoms with E-state index in [9.17, 15) is 9.59 Å². The number of ether oxygens (including phenoxy) is 1. The molecule has 3 heterocycles. The second kappa shape index (κ2) is 11.6. The highest BCUT2D eigenvalue weighted by Crippen LogP contribution is 2.31. The van der Waals surface area contributed by atoms with Gasteiger partial charge in [-0.25, -0.2) is 9.78 Å². The molecule has 1 saturated carbocycles. The summed E-state index contributed by atoms with van der Waals surface area (Å²) in [6.45, 7) is 3.76. The number of hydrogen-bond donors (Lipinski definition) is 1. The SMILES string of the molecule is CCCCc1nc2c(c(=O)n(CC3CC3)c(=O)n2CCOC)n1Cc1ccc(-c2ccccc2-c2nn[nH]n2)cc1. The van der Waals surface area contributed by atoms with E-state index in [1.807, 2.05) is 28.8 Å². The van der Waals surface area contributed by atoms with Crippen molar-refractivity contribution in [1.29, 1.82) is 0 Å². The standard InChI is InChI=1S/C30H34N8O3/c1-3-4-9-25-31-28-26(29(39)38(19-20-10-11-20)30(40)36(28)16-17-41-2)37(25)18-21-12-14-22(15-13-21)23-7-5-6-8-24(23)27-32-34-35-33-27/h5-8,12-15,20H,3-4,9-11,16-19H2,1-2H3,(H,32,33,34,35). The van der Waals surface area contributed by atoms with E-state index in [0.29, 0.717) is 49.1 Å². The van der Waals surface area contributed by atoms with Crippen molar-refractivity contribution >= 4 is 11.2 Å². The molecule has 5 aromatic rings. The first-order valence-electron chi connectivity index (χ1n) is 14.2. The highest BCUT2D eigenvalue weighted by molar-refractivity contribution is 5.80. The molecule has 0 saturated heterocycles. The van der Waals surface area contributed by atoms with E-state index < -0.39 is 0 Å². The maximum absolute atomic E-state index is 13.9. The number of aromatic amines is 1. The molecule has 1 N–H and O–H groups in total. The van der Waals surface area contributed by atoms with Crippen molar-refractivity contribution in [3.63, 3.8) is 0 Å². The van der Waals surface area contributed by atoms with Gasteiger partial charge in [-0.3, -0.25) is 13.9 Å². The Labute approximate surface area is 236 Å². The predicted molar refractivity (Wildman–Crippen MR) is 156 cm³/mol. The zero-order valence-corrected chi connectivity index (χ0v) is 23.4. The number of imidazole rings is 1. The van der Waals surface area contributed by atoms with Crippen LogP contribution in [0.4, 0.5) is 0 Å². The molecule has 1 fully saturated rings. The molecule has 0 radical (unpaired) electrons. The van der Waals surface area contributed by atoms with E-state index >= 15 is 0 Å². The van der Waals surface area contributed by atoms with Crippen LogP contribution < -0.4 is 11.2 Å². The van der Waals surface area contributed by atoms with Crippen molar-refractivity contribution in [1.82, 2.24) is 39.3 Å². The Hall–Kier alpha value is -4.38. The number of hydrogen-bond acceptors (Lipinski definition) is 7. The Balaban J connectivity index is 1.42. The van der Waals surface area contributed by atoms with Gasteiger partial charge in [0.1, 0.15) is 5.82 Å². The van der Waals surface area contributed by atoms with E-state index in [1.165, 1.54) is 4.57 Å². The molecule has 11 heteroatoms. The number of aromatic nitrogens is 8. The molecule has 0 spiro atoms. The molecular weight excluding hydrogens is 520 g/mol. The summed E-state index contributed by atoms with van der Waals surface area (Å²) in [5.74, 6) is 1.74. The molecule has 0 aliphatic heterocycles. The quantitative estimate of drug-likeness (QED) is 0.250. The van der Waals surface area contributed by atoms with Crippen LogP contribution in [0.5, 0.6) is 0 Å². The van der Waals surface area contributed by atoms with Crippen LogP contribution >= 0.6 is 0 Å². The maximum atomic E-state index is 13.9. The normalized spacial score (nSPS) is 13.3. The van der Waals surface area contributed by atoms with Crippen molar-refractivity contribution in [2.75, 3.05) is 13.7 Å². The van der Waals surface area contributed by atoms with Crippen LogP contribution in [-0.2, 0) is 30.8 Å². The lowest BCUT2D eigenvalue weighted by atomic mass is 9.98. The minimum Gasteiger partial charge on any atom is -0.383 e. The summed E-state index contributed by atoms with van der Waals surface area (Å²) in [6, 6.07) is 16.2. The van der Waals surface area contributed by atoms with Crippen LogP contribution in [0.2, 0.25) is 0 Å². The van der Waals surface area contributed by atoms with Crippen molar-refractivity contribution in [3.05, 3.63) is 80.8 Å². The average molecular weight is 555 g/mol. The van der Waals surface area contributed by atoms with Crippen molar-refractivity contribution < 1.29 is 4.74 Å². The second-order valence-corrected chi connectivity index (χ2v) is 10.7. The van der Waals surface area contributed by atoms with Gasteiger partial charge in [0, 0.05) is 32.2 Å². The predicted octanol–water partition coefficient (Wildman–Crippen LogP) is 3.65.